The highest BCUT2D eigenvalue weighted by atomic mass is 32.2. The number of para-hydroxylation sites is 1. The van der Waals surface area contributed by atoms with E-state index in [1.54, 1.807) is 44.3 Å². The fraction of sp³-hybridized carbons (Fsp3) is 0.438. The van der Waals surface area contributed by atoms with Crippen molar-refractivity contribution in [1.82, 2.24) is 9.29 Å². The van der Waals surface area contributed by atoms with Crippen molar-refractivity contribution >= 4 is 30.8 Å². The summed E-state index contributed by atoms with van der Waals surface area (Å²) in [7, 11) is -7.08. The number of benzene rings is 1. The van der Waals surface area contributed by atoms with Crippen LogP contribution < -0.4 is 0 Å². The fourth-order valence-electron chi connectivity index (χ4n) is 3.44. The Labute approximate surface area is 142 Å². The standard InChI is InChI=1S/C16H20N2O4S2/c1-3-18(16(2)9-11-23(19,20)12-16)24(21,22)14-8-4-6-13-7-5-10-17-15(13)14/h4-8,10H,3,9,11-12H2,1-2H3/t16-/m0/s1. The quantitative estimate of drug-likeness (QED) is 0.822. The third kappa shape index (κ3) is 2.82. The first kappa shape index (κ1) is 17.3. The first-order valence-electron chi connectivity index (χ1n) is 7.77. The normalized spacial score (nSPS) is 23.8. The molecule has 1 aromatic heterocycles. The smallest absolute Gasteiger partial charge is 0.245 e. The fourth-order valence-corrected chi connectivity index (χ4v) is 7.64. The summed E-state index contributed by atoms with van der Waals surface area (Å²) in [6.45, 7) is 3.64. The van der Waals surface area contributed by atoms with Crippen molar-refractivity contribution in [2.45, 2.75) is 30.7 Å². The molecule has 2 heterocycles. The molecule has 1 saturated heterocycles. The van der Waals surface area contributed by atoms with E-state index in [-0.39, 0.29) is 22.9 Å². The van der Waals surface area contributed by atoms with Gasteiger partial charge >= 0.3 is 0 Å². The Balaban J connectivity index is 2.15. The number of fused-ring (bicyclic) bond motifs is 1. The van der Waals surface area contributed by atoms with Crippen LogP contribution in [0.4, 0.5) is 0 Å². The average Bonchev–Trinajstić information content (AvgIpc) is 2.81. The maximum Gasteiger partial charge on any atom is 0.245 e. The van der Waals surface area contributed by atoms with E-state index in [4.69, 9.17) is 0 Å². The van der Waals surface area contributed by atoms with Crippen molar-refractivity contribution in [2.75, 3.05) is 18.1 Å². The predicted octanol–water partition coefficient (Wildman–Crippen LogP) is 1.82. The summed E-state index contributed by atoms with van der Waals surface area (Å²) in [4.78, 5) is 4.34. The van der Waals surface area contributed by atoms with E-state index >= 15 is 0 Å². The summed E-state index contributed by atoms with van der Waals surface area (Å²) in [5, 5.41) is 0.735. The lowest BCUT2D eigenvalue weighted by Crippen LogP contribution is -2.50. The molecule has 2 aromatic rings. The Morgan fingerprint density at radius 2 is 1.96 bits per heavy atom. The van der Waals surface area contributed by atoms with E-state index in [1.165, 1.54) is 10.4 Å². The van der Waals surface area contributed by atoms with Crippen LogP contribution in [0.5, 0.6) is 0 Å². The van der Waals surface area contributed by atoms with E-state index in [2.05, 4.69) is 4.98 Å². The van der Waals surface area contributed by atoms with Crippen molar-refractivity contribution in [3.8, 4) is 0 Å². The highest BCUT2D eigenvalue weighted by molar-refractivity contribution is 7.92. The van der Waals surface area contributed by atoms with Gasteiger partial charge in [0.1, 0.15) is 4.90 Å². The molecular weight excluding hydrogens is 348 g/mol. The molecule has 0 spiro atoms. The lowest BCUT2D eigenvalue weighted by Gasteiger charge is -2.35. The molecule has 3 rings (SSSR count). The van der Waals surface area contributed by atoms with E-state index in [1.807, 2.05) is 0 Å². The van der Waals surface area contributed by atoms with E-state index in [0.717, 1.165) is 5.39 Å². The summed E-state index contributed by atoms with van der Waals surface area (Å²) in [6, 6.07) is 8.57. The van der Waals surface area contributed by atoms with Gasteiger partial charge in [-0.2, -0.15) is 4.31 Å². The van der Waals surface area contributed by atoms with Crippen molar-refractivity contribution < 1.29 is 16.8 Å². The van der Waals surface area contributed by atoms with Crippen LogP contribution in [0.1, 0.15) is 20.3 Å². The second kappa shape index (κ2) is 5.79. The number of pyridine rings is 1. The third-order valence-corrected chi connectivity index (χ3v) is 8.59. The van der Waals surface area contributed by atoms with Crippen LogP contribution in [0.3, 0.4) is 0 Å². The molecule has 24 heavy (non-hydrogen) atoms. The zero-order valence-electron chi connectivity index (χ0n) is 13.6. The molecule has 1 fully saturated rings. The van der Waals surface area contributed by atoms with Crippen LogP contribution in [0.25, 0.3) is 10.9 Å². The minimum atomic E-state index is -3.86. The first-order chi connectivity index (χ1) is 11.2. The zero-order valence-corrected chi connectivity index (χ0v) is 15.3. The molecule has 1 aromatic carbocycles. The molecule has 1 atom stereocenters. The Morgan fingerprint density at radius 3 is 2.58 bits per heavy atom. The second-order valence-electron chi connectivity index (χ2n) is 6.34. The topological polar surface area (TPSA) is 84.4 Å². The van der Waals surface area contributed by atoms with Gasteiger partial charge in [0.25, 0.3) is 0 Å². The van der Waals surface area contributed by atoms with Gasteiger partial charge in [-0.3, -0.25) is 4.98 Å². The molecule has 0 aliphatic carbocycles. The predicted molar refractivity (Wildman–Crippen MR) is 93.0 cm³/mol. The van der Waals surface area contributed by atoms with E-state index in [9.17, 15) is 16.8 Å². The largest absolute Gasteiger partial charge is 0.255 e. The molecule has 0 radical (unpaired) electrons. The Kier molecular flexibility index (Phi) is 4.17. The summed E-state index contributed by atoms with van der Waals surface area (Å²) >= 11 is 0. The first-order valence-corrected chi connectivity index (χ1v) is 11.0. The number of aromatic nitrogens is 1. The number of nitrogens with zero attached hydrogens (tertiary/aromatic N) is 2. The molecule has 1 aliphatic rings. The minimum Gasteiger partial charge on any atom is -0.255 e. The summed E-state index contributed by atoms with van der Waals surface area (Å²) in [6.07, 6.45) is 1.86. The van der Waals surface area contributed by atoms with Gasteiger partial charge in [-0.15, -0.1) is 0 Å². The number of sulfonamides is 1. The van der Waals surface area contributed by atoms with E-state index in [0.29, 0.717) is 11.9 Å². The molecule has 8 heteroatoms. The summed E-state index contributed by atoms with van der Waals surface area (Å²) < 4.78 is 51.7. The number of rotatable bonds is 4. The van der Waals surface area contributed by atoms with Crippen LogP contribution in [-0.4, -0.2) is 49.7 Å². The Bertz CT molecular complexity index is 981. The van der Waals surface area contributed by atoms with E-state index < -0.39 is 25.4 Å². The van der Waals surface area contributed by atoms with Gasteiger partial charge in [0.05, 0.1) is 17.0 Å². The highest BCUT2D eigenvalue weighted by Crippen LogP contribution is 2.35. The third-order valence-electron chi connectivity index (χ3n) is 4.54. The van der Waals surface area contributed by atoms with Gasteiger partial charge in [-0.25, -0.2) is 16.8 Å². The molecule has 0 unspecified atom stereocenters. The van der Waals surface area contributed by atoms with Gasteiger partial charge < -0.3 is 0 Å². The van der Waals surface area contributed by atoms with Crippen LogP contribution in [-0.2, 0) is 19.9 Å². The Morgan fingerprint density at radius 1 is 1.25 bits per heavy atom. The number of hydrogen-bond donors (Lipinski definition) is 0. The minimum absolute atomic E-state index is 0.0172. The van der Waals surface area contributed by atoms with Gasteiger partial charge in [0.15, 0.2) is 9.84 Å². The van der Waals surface area contributed by atoms with Gasteiger partial charge in [0.2, 0.25) is 10.0 Å². The van der Waals surface area contributed by atoms with Crippen LogP contribution in [0, 0.1) is 0 Å². The Hall–Kier alpha value is -1.51. The van der Waals surface area contributed by atoms with Crippen LogP contribution in [0.15, 0.2) is 41.4 Å². The lowest BCUT2D eigenvalue weighted by atomic mass is 10.0. The molecule has 130 valence electrons. The molecule has 0 bridgehead atoms. The SMILES string of the molecule is CCN([C@@]1(C)CCS(=O)(=O)C1)S(=O)(=O)c1cccc2cccnc12. The maximum absolute atomic E-state index is 13.3. The number of hydrogen-bond acceptors (Lipinski definition) is 5. The van der Waals surface area contributed by atoms with Gasteiger partial charge in [-0.05, 0) is 25.5 Å². The van der Waals surface area contributed by atoms with Gasteiger partial charge in [-0.1, -0.05) is 25.1 Å². The second-order valence-corrected chi connectivity index (χ2v) is 10.4. The summed E-state index contributed by atoms with van der Waals surface area (Å²) in [5.74, 6) is -0.130. The molecule has 6 nitrogen and oxygen atoms in total. The van der Waals surface area contributed by atoms with Crippen LogP contribution >= 0.6 is 0 Å². The molecule has 0 N–H and O–H groups in total. The summed E-state index contributed by atoms with van der Waals surface area (Å²) in [5.41, 5.74) is -0.522. The van der Waals surface area contributed by atoms with Crippen molar-refractivity contribution in [3.63, 3.8) is 0 Å². The molecule has 1 aliphatic heterocycles. The molecule has 0 amide bonds. The molecule has 0 saturated carbocycles. The molecular formula is C16H20N2O4S2. The van der Waals surface area contributed by atoms with Crippen LogP contribution in [0.2, 0.25) is 0 Å². The number of sulfone groups is 1. The van der Waals surface area contributed by atoms with Gasteiger partial charge in [0, 0.05) is 23.7 Å². The lowest BCUT2D eigenvalue weighted by molar-refractivity contribution is 0.243. The monoisotopic (exact) mass is 368 g/mol. The van der Waals surface area contributed by atoms with Crippen molar-refractivity contribution in [3.05, 3.63) is 36.5 Å². The van der Waals surface area contributed by atoms with Crippen molar-refractivity contribution in [2.24, 2.45) is 0 Å². The highest BCUT2D eigenvalue weighted by Gasteiger charge is 2.47. The maximum atomic E-state index is 13.3. The average molecular weight is 368 g/mol. The zero-order chi connectivity index (χ0) is 17.6. The van der Waals surface area contributed by atoms with Crippen molar-refractivity contribution in [1.29, 1.82) is 0 Å².